The Labute approximate surface area is 125 Å². The molecule has 2 aromatic carbocycles. The highest BCUT2D eigenvalue weighted by molar-refractivity contribution is 14.1. The zero-order valence-corrected chi connectivity index (χ0v) is 12.1. The summed E-state index contributed by atoms with van der Waals surface area (Å²) in [6, 6.07) is 9.11. The van der Waals surface area contributed by atoms with Crippen molar-refractivity contribution in [2.24, 2.45) is 0 Å². The summed E-state index contributed by atoms with van der Waals surface area (Å²) in [6.45, 7) is 0. The first-order valence-electron chi connectivity index (χ1n) is 5.69. The van der Waals surface area contributed by atoms with Crippen LogP contribution in [0.5, 0.6) is 0 Å². The van der Waals surface area contributed by atoms with Gasteiger partial charge in [0.2, 0.25) is 0 Å². The monoisotopic (exact) mass is 384 g/mol. The maximum atomic E-state index is 13.2. The van der Waals surface area contributed by atoms with E-state index in [0.29, 0.717) is 11.4 Å². The van der Waals surface area contributed by atoms with E-state index in [1.54, 1.807) is 12.1 Å². The molecule has 3 rings (SSSR count). The third-order valence-electron chi connectivity index (χ3n) is 2.87. The minimum absolute atomic E-state index is 0.0261. The Hall–Kier alpha value is -1.83. The fraction of sp³-hybridized carbons (Fsp3) is 0. The summed E-state index contributed by atoms with van der Waals surface area (Å²) < 4.78 is 27.4. The van der Waals surface area contributed by atoms with Gasteiger partial charge in [0, 0.05) is 15.2 Å². The van der Waals surface area contributed by atoms with Gasteiger partial charge in [-0.25, -0.2) is 13.8 Å². The van der Waals surface area contributed by atoms with Gasteiger partial charge in [-0.2, -0.15) is 0 Å². The molecule has 20 heavy (non-hydrogen) atoms. The first kappa shape index (κ1) is 13.2. The Morgan fingerprint density at radius 3 is 2.40 bits per heavy atom. The van der Waals surface area contributed by atoms with Gasteiger partial charge < -0.3 is 4.98 Å². The van der Waals surface area contributed by atoms with E-state index in [1.807, 2.05) is 12.1 Å². The molecule has 0 amide bonds. The summed E-state index contributed by atoms with van der Waals surface area (Å²) in [6.07, 6.45) is 0. The minimum atomic E-state index is -1.06. The minimum Gasteiger partial charge on any atom is -0.306 e. The van der Waals surface area contributed by atoms with E-state index < -0.39 is 17.2 Å². The van der Waals surface area contributed by atoms with Gasteiger partial charge in [0.15, 0.2) is 11.6 Å². The molecule has 0 saturated heterocycles. The largest absolute Gasteiger partial charge is 0.306 e. The van der Waals surface area contributed by atoms with Crippen LogP contribution in [0.1, 0.15) is 0 Å². The lowest BCUT2D eigenvalue weighted by Crippen LogP contribution is -2.10. The van der Waals surface area contributed by atoms with Crippen molar-refractivity contribution in [3.8, 4) is 11.4 Å². The third-order valence-corrected chi connectivity index (χ3v) is 3.58. The molecule has 3 nitrogen and oxygen atoms in total. The number of fused-ring (bicyclic) bond motifs is 1. The molecule has 3 aromatic rings. The number of hydrogen-bond donors (Lipinski definition) is 1. The predicted octanol–water partition coefficient (Wildman–Crippen LogP) is 3.47. The molecule has 0 spiro atoms. The summed E-state index contributed by atoms with van der Waals surface area (Å²) >= 11 is 2.16. The van der Waals surface area contributed by atoms with E-state index in [-0.39, 0.29) is 10.9 Å². The lowest BCUT2D eigenvalue weighted by atomic mass is 10.2. The second kappa shape index (κ2) is 4.93. The van der Waals surface area contributed by atoms with Gasteiger partial charge in [0.1, 0.15) is 5.82 Å². The Morgan fingerprint density at radius 2 is 1.70 bits per heavy atom. The van der Waals surface area contributed by atoms with Crippen molar-refractivity contribution >= 4 is 33.5 Å². The maximum Gasteiger partial charge on any atom is 0.259 e. The summed E-state index contributed by atoms with van der Waals surface area (Å²) in [4.78, 5) is 18.7. The van der Waals surface area contributed by atoms with Crippen LogP contribution >= 0.6 is 22.6 Å². The van der Waals surface area contributed by atoms with Crippen molar-refractivity contribution in [1.82, 2.24) is 9.97 Å². The van der Waals surface area contributed by atoms with Crippen molar-refractivity contribution in [3.63, 3.8) is 0 Å². The van der Waals surface area contributed by atoms with Gasteiger partial charge >= 0.3 is 0 Å². The predicted molar refractivity (Wildman–Crippen MR) is 80.4 cm³/mol. The molecule has 0 aliphatic carbocycles. The number of rotatable bonds is 1. The van der Waals surface area contributed by atoms with E-state index in [9.17, 15) is 13.6 Å². The maximum absolute atomic E-state index is 13.2. The van der Waals surface area contributed by atoms with E-state index in [4.69, 9.17) is 0 Å². The average Bonchev–Trinajstić information content (AvgIpc) is 2.42. The molecule has 0 radical (unpaired) electrons. The number of aromatic nitrogens is 2. The normalized spacial score (nSPS) is 10.9. The molecule has 1 heterocycles. The molecule has 0 atom stereocenters. The first-order valence-corrected chi connectivity index (χ1v) is 6.77. The molecule has 0 aliphatic heterocycles. The number of hydrogen-bond acceptors (Lipinski definition) is 2. The molecule has 0 aliphatic rings. The van der Waals surface area contributed by atoms with Gasteiger partial charge in [-0.15, -0.1) is 0 Å². The van der Waals surface area contributed by atoms with Crippen molar-refractivity contribution in [2.75, 3.05) is 0 Å². The fourth-order valence-electron chi connectivity index (χ4n) is 1.88. The van der Waals surface area contributed by atoms with Gasteiger partial charge in [-0.3, -0.25) is 4.79 Å². The Kier molecular flexibility index (Phi) is 3.25. The third kappa shape index (κ3) is 2.31. The molecule has 0 bridgehead atoms. The Morgan fingerprint density at radius 1 is 1.05 bits per heavy atom. The number of nitrogens with zero attached hydrogens (tertiary/aromatic N) is 1. The zero-order chi connectivity index (χ0) is 14.3. The van der Waals surface area contributed by atoms with Crippen LogP contribution in [0.2, 0.25) is 0 Å². The first-order chi connectivity index (χ1) is 9.54. The zero-order valence-electron chi connectivity index (χ0n) is 9.95. The highest BCUT2D eigenvalue weighted by Crippen LogP contribution is 2.19. The van der Waals surface area contributed by atoms with Gasteiger partial charge in [-0.1, -0.05) is 12.1 Å². The lowest BCUT2D eigenvalue weighted by Gasteiger charge is -2.04. The molecule has 6 heteroatoms. The van der Waals surface area contributed by atoms with Crippen molar-refractivity contribution < 1.29 is 8.78 Å². The average molecular weight is 384 g/mol. The van der Waals surface area contributed by atoms with E-state index >= 15 is 0 Å². The number of halogens is 3. The van der Waals surface area contributed by atoms with E-state index in [0.717, 1.165) is 15.7 Å². The van der Waals surface area contributed by atoms with E-state index in [2.05, 4.69) is 32.6 Å². The molecule has 100 valence electrons. The highest BCUT2D eigenvalue weighted by atomic mass is 127. The molecule has 0 fully saturated rings. The summed E-state index contributed by atoms with van der Waals surface area (Å²) in [5, 5.41) is 0.0261. The van der Waals surface area contributed by atoms with Crippen LogP contribution in [0.3, 0.4) is 0 Å². The lowest BCUT2D eigenvalue weighted by molar-refractivity contribution is 0.510. The van der Waals surface area contributed by atoms with Crippen LogP contribution in [-0.4, -0.2) is 9.97 Å². The quantitative estimate of drug-likeness (QED) is 0.654. The number of aromatic amines is 1. The highest BCUT2D eigenvalue weighted by Gasteiger charge is 2.10. The number of benzene rings is 2. The smallest absolute Gasteiger partial charge is 0.259 e. The molecular weight excluding hydrogens is 377 g/mol. The van der Waals surface area contributed by atoms with Crippen LogP contribution in [0.25, 0.3) is 22.3 Å². The van der Waals surface area contributed by atoms with Crippen molar-refractivity contribution in [1.29, 1.82) is 0 Å². The standard InChI is InChI=1S/C14H7F2IN2O/c15-10-5-9-12(6-11(10)16)18-13(19-14(9)20)7-1-3-8(17)4-2-7/h1-6H,(H,18,19,20). The van der Waals surface area contributed by atoms with Crippen LogP contribution in [0.4, 0.5) is 8.78 Å². The number of nitrogens with one attached hydrogen (secondary N) is 1. The Bertz CT molecular complexity index is 859. The van der Waals surface area contributed by atoms with Gasteiger partial charge in [0.05, 0.1) is 10.9 Å². The Balaban J connectivity index is 2.26. The number of H-pyrrole nitrogens is 1. The molecule has 0 unspecified atom stereocenters. The summed E-state index contributed by atoms with van der Waals surface area (Å²) in [5.41, 5.74) is 0.331. The summed E-state index contributed by atoms with van der Waals surface area (Å²) in [7, 11) is 0. The summed E-state index contributed by atoms with van der Waals surface area (Å²) in [5.74, 6) is -1.76. The molecular formula is C14H7F2IN2O. The SMILES string of the molecule is O=c1[nH]c(-c2ccc(I)cc2)nc2cc(F)c(F)cc12. The fourth-order valence-corrected chi connectivity index (χ4v) is 2.24. The topological polar surface area (TPSA) is 45.8 Å². The van der Waals surface area contributed by atoms with Crippen LogP contribution in [-0.2, 0) is 0 Å². The van der Waals surface area contributed by atoms with Crippen LogP contribution in [0.15, 0.2) is 41.2 Å². The molecule has 1 N–H and O–H groups in total. The van der Waals surface area contributed by atoms with Crippen LogP contribution in [0, 0.1) is 15.2 Å². The second-order valence-electron chi connectivity index (χ2n) is 4.20. The van der Waals surface area contributed by atoms with Gasteiger partial charge in [0.25, 0.3) is 5.56 Å². The molecule has 1 aromatic heterocycles. The molecule has 0 saturated carbocycles. The second-order valence-corrected chi connectivity index (χ2v) is 5.45. The van der Waals surface area contributed by atoms with Crippen molar-refractivity contribution in [3.05, 3.63) is 62.0 Å². The van der Waals surface area contributed by atoms with E-state index in [1.165, 1.54) is 0 Å². The van der Waals surface area contributed by atoms with Crippen LogP contribution < -0.4 is 5.56 Å². The van der Waals surface area contributed by atoms with Gasteiger partial charge in [-0.05, 0) is 40.8 Å². The van der Waals surface area contributed by atoms with Crippen molar-refractivity contribution in [2.45, 2.75) is 0 Å².